The van der Waals surface area contributed by atoms with Gasteiger partial charge in [0, 0.05) is 36.3 Å². The third-order valence-electron chi connectivity index (χ3n) is 7.35. The molecule has 1 aliphatic heterocycles. The lowest BCUT2D eigenvalue weighted by atomic mass is 9.78. The van der Waals surface area contributed by atoms with Crippen LogP contribution >= 0.6 is 16.1 Å². The van der Waals surface area contributed by atoms with Crippen molar-refractivity contribution >= 4 is 27.8 Å². The summed E-state index contributed by atoms with van der Waals surface area (Å²) >= 11 is 3.40. The number of carbonyl (C=O) groups is 1. The van der Waals surface area contributed by atoms with Crippen molar-refractivity contribution in [3.8, 4) is 5.75 Å². The molecule has 1 heterocycles. The number of ketones is 1. The zero-order valence-corrected chi connectivity index (χ0v) is 25.3. The smallest absolute Gasteiger partial charge is 0.182 e. The molecular formula is C31H43BrN2O3. The fraction of sp³-hybridized carbons (Fsp3) is 0.548. The van der Waals surface area contributed by atoms with Crippen LogP contribution in [0.2, 0.25) is 0 Å². The van der Waals surface area contributed by atoms with Crippen LogP contribution in [0.1, 0.15) is 99.8 Å². The van der Waals surface area contributed by atoms with E-state index in [2.05, 4.69) is 91.7 Å². The second-order valence-electron chi connectivity index (χ2n) is 12.3. The van der Waals surface area contributed by atoms with Crippen LogP contribution in [0.3, 0.4) is 0 Å². The van der Waals surface area contributed by atoms with E-state index in [1.807, 2.05) is 18.2 Å². The Morgan fingerprint density at radius 3 is 2.22 bits per heavy atom. The first kappa shape index (κ1) is 29.4. The van der Waals surface area contributed by atoms with Gasteiger partial charge in [-0.25, -0.2) is 0 Å². The molecule has 5 nitrogen and oxygen atoms in total. The Morgan fingerprint density at radius 1 is 1.11 bits per heavy atom. The molecule has 0 aliphatic carbocycles. The molecule has 1 aliphatic rings. The highest BCUT2D eigenvalue weighted by molar-refractivity contribution is 9.08. The first-order valence-electron chi connectivity index (χ1n) is 13.2. The van der Waals surface area contributed by atoms with Gasteiger partial charge in [0.1, 0.15) is 11.6 Å². The van der Waals surface area contributed by atoms with Crippen molar-refractivity contribution in [3.63, 3.8) is 0 Å². The molecule has 2 aromatic carbocycles. The van der Waals surface area contributed by atoms with E-state index >= 15 is 0 Å². The summed E-state index contributed by atoms with van der Waals surface area (Å²) in [4.78, 5) is 15.9. The topological polar surface area (TPSA) is 62.1 Å². The number of likely N-dealkylation sites (tertiary alicyclic amines) is 1. The molecule has 0 unspecified atom stereocenters. The molecule has 1 N–H and O–H groups in total. The Bertz CT molecular complexity index is 1110. The number of phenols is 1. The first-order valence-corrected chi connectivity index (χ1v) is 14.0. The highest BCUT2D eigenvalue weighted by Crippen LogP contribution is 2.42. The summed E-state index contributed by atoms with van der Waals surface area (Å²) in [5.41, 5.74) is 4.02. The minimum Gasteiger partial charge on any atom is -0.507 e. The van der Waals surface area contributed by atoms with Gasteiger partial charge < -0.3 is 14.7 Å². The van der Waals surface area contributed by atoms with Crippen molar-refractivity contribution in [2.45, 2.75) is 84.7 Å². The zero-order chi connectivity index (χ0) is 27.5. The maximum atomic E-state index is 13.8. The molecule has 0 amide bonds. The summed E-state index contributed by atoms with van der Waals surface area (Å²) in [5, 5.41) is 11.1. The largest absolute Gasteiger partial charge is 0.507 e. The zero-order valence-electron chi connectivity index (χ0n) is 23.7. The van der Waals surface area contributed by atoms with Gasteiger partial charge in [-0.15, -0.1) is 0 Å². The minimum atomic E-state index is -0.293. The van der Waals surface area contributed by atoms with Crippen LogP contribution in [0.25, 0.3) is 0 Å². The van der Waals surface area contributed by atoms with Gasteiger partial charge in [0.15, 0.2) is 5.78 Å². The van der Waals surface area contributed by atoms with Gasteiger partial charge in [0.25, 0.3) is 0 Å². The fourth-order valence-electron chi connectivity index (χ4n) is 5.49. The molecule has 1 fully saturated rings. The van der Waals surface area contributed by atoms with E-state index in [9.17, 15) is 9.90 Å². The first-order chi connectivity index (χ1) is 17.3. The standard InChI is InChI=1S/C31H43BrN2O3/c1-9-12-20-17-34(29(33-32)27(20)23-14-11-10-13-21(23)19-37-8)18-26(35)22-15-24(30(2,3)4)28(36)25(16-22)31(5,6)7/h10-11,13-16,20,27,36H,9,12,17-19H2,1-8H3/b33-29-/t20-,27-/m0/s1. The summed E-state index contributed by atoms with van der Waals surface area (Å²) in [5.74, 6) is 1.65. The van der Waals surface area contributed by atoms with Crippen LogP contribution in [-0.2, 0) is 22.2 Å². The van der Waals surface area contributed by atoms with Gasteiger partial charge in [0.2, 0.25) is 0 Å². The molecule has 6 heteroatoms. The van der Waals surface area contributed by atoms with E-state index in [1.165, 1.54) is 5.56 Å². The molecule has 202 valence electrons. The average Bonchev–Trinajstić information content (AvgIpc) is 3.14. The molecule has 0 saturated carbocycles. The van der Waals surface area contributed by atoms with Gasteiger partial charge in [-0.3, -0.25) is 4.79 Å². The summed E-state index contributed by atoms with van der Waals surface area (Å²) in [6, 6.07) is 12.1. The van der Waals surface area contributed by atoms with E-state index in [-0.39, 0.29) is 29.1 Å². The maximum Gasteiger partial charge on any atom is 0.182 e. The van der Waals surface area contributed by atoms with Gasteiger partial charge >= 0.3 is 0 Å². The lowest BCUT2D eigenvalue weighted by molar-refractivity contribution is 0.0963. The van der Waals surface area contributed by atoms with Crippen LogP contribution in [0, 0.1) is 5.92 Å². The number of benzene rings is 2. The number of halogens is 1. The van der Waals surface area contributed by atoms with Crippen molar-refractivity contribution in [2.24, 2.45) is 9.94 Å². The van der Waals surface area contributed by atoms with E-state index in [0.29, 0.717) is 23.8 Å². The minimum absolute atomic E-state index is 0.0331. The van der Waals surface area contributed by atoms with Crippen LogP contribution in [0.5, 0.6) is 5.75 Å². The van der Waals surface area contributed by atoms with Crippen molar-refractivity contribution < 1.29 is 14.6 Å². The molecule has 0 spiro atoms. The van der Waals surface area contributed by atoms with Gasteiger partial charge in [-0.1, -0.05) is 79.2 Å². The fourth-order valence-corrected chi connectivity index (χ4v) is 5.94. The second kappa shape index (κ2) is 11.7. The Kier molecular flexibility index (Phi) is 9.28. The van der Waals surface area contributed by atoms with Crippen LogP contribution in [0.4, 0.5) is 0 Å². The highest BCUT2D eigenvalue weighted by Gasteiger charge is 2.40. The third kappa shape index (κ3) is 6.46. The number of phenolic OH excluding ortho intramolecular Hbond substituents is 1. The SMILES string of the molecule is CCC[C@H]1CN(CC(=O)c2cc(C(C)(C)C)c(O)c(C(C)(C)C)c2)/C(=N\Br)[C@@H]1c1ccccc1COC. The highest BCUT2D eigenvalue weighted by atomic mass is 79.9. The van der Waals surface area contributed by atoms with E-state index in [0.717, 1.165) is 41.9 Å². The Balaban J connectivity index is 2.00. The third-order valence-corrected chi connectivity index (χ3v) is 7.71. The van der Waals surface area contributed by atoms with Crippen molar-refractivity contribution in [2.75, 3.05) is 20.2 Å². The molecule has 2 atom stereocenters. The number of methoxy groups -OCH3 is 1. The summed E-state index contributed by atoms with van der Waals surface area (Å²) in [7, 11) is 1.72. The molecule has 1 saturated heterocycles. The van der Waals surface area contributed by atoms with Gasteiger partial charge in [-0.2, -0.15) is 4.02 Å². The Hall–Kier alpha value is -2.18. The van der Waals surface area contributed by atoms with Crippen LogP contribution in [0.15, 0.2) is 40.4 Å². The number of aromatic hydroxyl groups is 1. The molecule has 2 aromatic rings. The lowest BCUT2D eigenvalue weighted by Gasteiger charge is -2.28. The van der Waals surface area contributed by atoms with Gasteiger partial charge in [-0.05, 0) is 46.4 Å². The molecule has 0 radical (unpaired) electrons. The predicted octanol–water partition coefficient (Wildman–Crippen LogP) is 7.54. The molecule has 0 bridgehead atoms. The molecule has 0 aromatic heterocycles. The summed E-state index contributed by atoms with van der Waals surface area (Å²) < 4.78 is 10.0. The van der Waals surface area contributed by atoms with E-state index in [4.69, 9.17) is 4.74 Å². The number of ether oxygens (including phenoxy) is 1. The summed E-state index contributed by atoms with van der Waals surface area (Å²) in [6.07, 6.45) is 2.11. The molecule has 37 heavy (non-hydrogen) atoms. The second-order valence-corrected chi connectivity index (χ2v) is 12.7. The quantitative estimate of drug-likeness (QED) is 0.333. The predicted molar refractivity (Wildman–Crippen MR) is 156 cm³/mol. The van der Waals surface area contributed by atoms with Crippen molar-refractivity contribution in [1.29, 1.82) is 0 Å². The number of hydrogen-bond acceptors (Lipinski definition) is 4. The number of hydrogen-bond donors (Lipinski definition) is 1. The van der Waals surface area contributed by atoms with Crippen molar-refractivity contribution in [1.82, 2.24) is 4.90 Å². The number of amidine groups is 1. The average molecular weight is 572 g/mol. The number of carbonyl (C=O) groups excluding carboxylic acids is 1. The molecular weight excluding hydrogens is 528 g/mol. The molecule has 3 rings (SSSR count). The van der Waals surface area contributed by atoms with Gasteiger partial charge in [0.05, 0.1) is 29.3 Å². The monoisotopic (exact) mass is 570 g/mol. The number of nitrogens with zero attached hydrogens (tertiary/aromatic N) is 2. The number of Topliss-reactive ketones (excluding diaryl/α,β-unsaturated/α-hetero) is 1. The van der Waals surface area contributed by atoms with Crippen LogP contribution < -0.4 is 0 Å². The normalized spacial score (nSPS) is 19.6. The lowest BCUT2D eigenvalue weighted by Crippen LogP contribution is -2.33. The van der Waals surface area contributed by atoms with Crippen molar-refractivity contribution in [3.05, 3.63) is 64.2 Å². The maximum absolute atomic E-state index is 13.8. The number of rotatable bonds is 8. The Labute approximate surface area is 231 Å². The van der Waals surface area contributed by atoms with Crippen LogP contribution in [-0.4, -0.2) is 41.8 Å². The Morgan fingerprint density at radius 2 is 1.70 bits per heavy atom. The summed E-state index contributed by atoms with van der Waals surface area (Å²) in [6.45, 7) is 16.2. The van der Waals surface area contributed by atoms with E-state index < -0.39 is 0 Å². The van der Waals surface area contributed by atoms with E-state index in [1.54, 1.807) is 7.11 Å².